The van der Waals surface area contributed by atoms with Gasteiger partial charge in [0.2, 0.25) is 0 Å². The lowest BCUT2D eigenvalue weighted by Crippen LogP contribution is -1.97. The molecule has 2 rings (SSSR count). The third-order valence-electron chi connectivity index (χ3n) is 2.63. The van der Waals surface area contributed by atoms with E-state index in [9.17, 15) is 4.79 Å². The molecule has 0 unspecified atom stereocenters. The number of aryl methyl sites for hydroxylation is 1. The number of carbonyl (C=O) groups excluding carboxylic acids is 1. The van der Waals surface area contributed by atoms with Crippen molar-refractivity contribution in [2.24, 2.45) is 7.05 Å². The van der Waals surface area contributed by atoms with Crippen LogP contribution in [0.25, 0.3) is 0 Å². The van der Waals surface area contributed by atoms with E-state index in [0.29, 0.717) is 4.88 Å². The number of rotatable bonds is 5. The Kier molecular flexibility index (Phi) is 4.60. The molecule has 5 nitrogen and oxygen atoms in total. The summed E-state index contributed by atoms with van der Waals surface area (Å²) in [4.78, 5) is 13.1. The van der Waals surface area contributed by atoms with Gasteiger partial charge >= 0.3 is 5.97 Å². The fourth-order valence-electron chi connectivity index (χ4n) is 1.58. The molecule has 0 spiro atoms. The third kappa shape index (κ3) is 3.16. The summed E-state index contributed by atoms with van der Waals surface area (Å²) in [5.74, 6) is 1.47. The van der Waals surface area contributed by atoms with Gasteiger partial charge in [0.05, 0.1) is 7.11 Å². The highest BCUT2D eigenvalue weighted by molar-refractivity contribution is 7.98. The predicted molar refractivity (Wildman–Crippen MR) is 75.6 cm³/mol. The first-order valence-corrected chi connectivity index (χ1v) is 7.64. The van der Waals surface area contributed by atoms with Gasteiger partial charge in [0.15, 0.2) is 5.16 Å². The van der Waals surface area contributed by atoms with Crippen LogP contribution in [-0.4, -0.2) is 27.8 Å². The number of carbonyl (C=O) groups is 1. The molecule has 19 heavy (non-hydrogen) atoms. The van der Waals surface area contributed by atoms with Gasteiger partial charge in [-0.3, -0.25) is 0 Å². The van der Waals surface area contributed by atoms with Gasteiger partial charge in [-0.15, -0.1) is 21.5 Å². The zero-order valence-electron chi connectivity index (χ0n) is 11.0. The van der Waals surface area contributed by atoms with E-state index in [1.165, 1.54) is 18.4 Å². The second-order valence-corrected chi connectivity index (χ2v) is 5.97. The van der Waals surface area contributed by atoms with E-state index in [-0.39, 0.29) is 5.97 Å². The number of thiophene rings is 1. The summed E-state index contributed by atoms with van der Waals surface area (Å²) in [5, 5.41) is 9.16. The van der Waals surface area contributed by atoms with E-state index in [4.69, 9.17) is 0 Å². The zero-order valence-corrected chi connectivity index (χ0v) is 12.7. The molecule has 102 valence electrons. The van der Waals surface area contributed by atoms with Gasteiger partial charge in [-0.1, -0.05) is 18.7 Å². The van der Waals surface area contributed by atoms with E-state index >= 15 is 0 Å². The van der Waals surface area contributed by atoms with Gasteiger partial charge in [0.1, 0.15) is 10.7 Å². The smallest absolute Gasteiger partial charge is 0.348 e. The quantitative estimate of drug-likeness (QED) is 0.627. The molecule has 0 aliphatic rings. The highest BCUT2D eigenvalue weighted by atomic mass is 32.2. The van der Waals surface area contributed by atoms with E-state index < -0.39 is 0 Å². The van der Waals surface area contributed by atoms with Crippen molar-refractivity contribution in [1.29, 1.82) is 0 Å². The van der Waals surface area contributed by atoms with Crippen molar-refractivity contribution in [3.8, 4) is 0 Å². The lowest BCUT2D eigenvalue weighted by molar-refractivity contribution is 0.0606. The van der Waals surface area contributed by atoms with Crippen molar-refractivity contribution in [1.82, 2.24) is 14.8 Å². The summed E-state index contributed by atoms with van der Waals surface area (Å²) in [7, 11) is 3.36. The molecular formula is C12H15N3O2S2. The number of thioether (sulfide) groups is 1. The topological polar surface area (TPSA) is 57.0 Å². The Morgan fingerprint density at radius 3 is 2.89 bits per heavy atom. The van der Waals surface area contributed by atoms with Crippen LogP contribution in [0.3, 0.4) is 0 Å². The van der Waals surface area contributed by atoms with Crippen LogP contribution in [0.5, 0.6) is 0 Å². The third-order valence-corrected chi connectivity index (χ3v) is 4.95. The Bertz CT molecular complexity index is 577. The lowest BCUT2D eigenvalue weighted by Gasteiger charge is -2.00. The molecular weight excluding hydrogens is 282 g/mol. The number of aromatic nitrogens is 3. The molecule has 2 aromatic rings. The molecule has 7 heteroatoms. The maximum absolute atomic E-state index is 11.4. The van der Waals surface area contributed by atoms with Crippen LogP contribution in [0.4, 0.5) is 0 Å². The number of nitrogens with zero attached hydrogens (tertiary/aromatic N) is 3. The summed E-state index contributed by atoms with van der Waals surface area (Å²) in [6, 6.07) is 3.74. The van der Waals surface area contributed by atoms with Crippen LogP contribution in [0, 0.1) is 0 Å². The van der Waals surface area contributed by atoms with E-state index in [2.05, 4.69) is 21.9 Å². The van der Waals surface area contributed by atoms with E-state index in [0.717, 1.165) is 28.0 Å². The van der Waals surface area contributed by atoms with Crippen molar-refractivity contribution in [3.63, 3.8) is 0 Å². The summed E-state index contributed by atoms with van der Waals surface area (Å²) in [6.07, 6.45) is 0.871. The molecule has 0 amide bonds. The zero-order chi connectivity index (χ0) is 13.8. The van der Waals surface area contributed by atoms with Gasteiger partial charge < -0.3 is 9.30 Å². The van der Waals surface area contributed by atoms with Crippen molar-refractivity contribution in [2.45, 2.75) is 24.3 Å². The Labute approximate surface area is 120 Å². The SMILES string of the molecule is CCc1nnc(SCc2ccc(C(=O)OC)s2)n1C. The Hall–Kier alpha value is -1.34. The van der Waals surface area contributed by atoms with Crippen LogP contribution in [0.1, 0.15) is 27.3 Å². The van der Waals surface area contributed by atoms with Gasteiger partial charge in [-0.25, -0.2) is 4.79 Å². The minimum absolute atomic E-state index is 0.284. The monoisotopic (exact) mass is 297 g/mol. The second-order valence-electron chi connectivity index (χ2n) is 3.86. The van der Waals surface area contributed by atoms with Crippen molar-refractivity contribution in [2.75, 3.05) is 7.11 Å². The largest absolute Gasteiger partial charge is 0.465 e. The molecule has 0 saturated carbocycles. The molecule has 0 bridgehead atoms. The fourth-order valence-corrected chi connectivity index (χ4v) is 3.48. The minimum atomic E-state index is -0.284. The molecule has 0 saturated heterocycles. The molecule has 0 fully saturated rings. The molecule has 0 aliphatic heterocycles. The minimum Gasteiger partial charge on any atom is -0.465 e. The maximum Gasteiger partial charge on any atom is 0.348 e. The van der Waals surface area contributed by atoms with Gasteiger partial charge in [-0.2, -0.15) is 0 Å². The second kappa shape index (κ2) is 6.21. The van der Waals surface area contributed by atoms with Crippen molar-refractivity contribution < 1.29 is 9.53 Å². The average molecular weight is 297 g/mol. The molecule has 2 heterocycles. The number of methoxy groups -OCH3 is 1. The van der Waals surface area contributed by atoms with Crippen LogP contribution in [0.2, 0.25) is 0 Å². The number of hydrogen-bond acceptors (Lipinski definition) is 6. The fraction of sp³-hybridized carbons (Fsp3) is 0.417. The van der Waals surface area contributed by atoms with Crippen LogP contribution >= 0.6 is 23.1 Å². The summed E-state index contributed by atoms with van der Waals surface area (Å²) in [6.45, 7) is 2.06. The summed E-state index contributed by atoms with van der Waals surface area (Å²) >= 11 is 3.07. The van der Waals surface area contributed by atoms with Crippen LogP contribution in [-0.2, 0) is 24.0 Å². The molecule has 0 aliphatic carbocycles. The molecule has 0 aromatic carbocycles. The van der Waals surface area contributed by atoms with E-state index in [1.54, 1.807) is 17.8 Å². The number of esters is 1. The van der Waals surface area contributed by atoms with Crippen LogP contribution < -0.4 is 0 Å². The first-order chi connectivity index (χ1) is 9.15. The molecule has 0 N–H and O–H groups in total. The van der Waals surface area contributed by atoms with Crippen molar-refractivity contribution in [3.05, 3.63) is 27.7 Å². The first kappa shape index (κ1) is 14.1. The predicted octanol–water partition coefficient (Wildman–Crippen LogP) is 2.52. The summed E-state index contributed by atoms with van der Waals surface area (Å²) in [5.41, 5.74) is 0. The Balaban J connectivity index is 2.00. The van der Waals surface area contributed by atoms with Crippen LogP contribution in [0.15, 0.2) is 17.3 Å². The van der Waals surface area contributed by atoms with Gasteiger partial charge in [0, 0.05) is 24.1 Å². The average Bonchev–Trinajstić information content (AvgIpc) is 3.02. The summed E-state index contributed by atoms with van der Waals surface area (Å²) < 4.78 is 6.69. The first-order valence-electron chi connectivity index (χ1n) is 5.83. The number of hydrogen-bond donors (Lipinski definition) is 0. The number of ether oxygens (including phenoxy) is 1. The lowest BCUT2D eigenvalue weighted by atomic mass is 10.4. The Morgan fingerprint density at radius 2 is 2.26 bits per heavy atom. The molecule has 0 atom stereocenters. The Morgan fingerprint density at radius 1 is 1.47 bits per heavy atom. The van der Waals surface area contributed by atoms with Gasteiger partial charge in [-0.05, 0) is 12.1 Å². The standard InChI is InChI=1S/C12H15N3O2S2/c1-4-10-13-14-12(15(10)2)18-7-8-5-6-9(19-8)11(16)17-3/h5-6H,4,7H2,1-3H3. The normalized spacial score (nSPS) is 10.7. The maximum atomic E-state index is 11.4. The highest BCUT2D eigenvalue weighted by Crippen LogP contribution is 2.26. The molecule has 2 aromatic heterocycles. The van der Waals surface area contributed by atoms with Crippen molar-refractivity contribution >= 4 is 29.1 Å². The van der Waals surface area contributed by atoms with Gasteiger partial charge in [0.25, 0.3) is 0 Å². The molecule has 0 radical (unpaired) electrons. The highest BCUT2D eigenvalue weighted by Gasteiger charge is 2.11. The van der Waals surface area contributed by atoms with E-state index in [1.807, 2.05) is 17.7 Å².